The molecule has 4 heterocycles. The molecule has 0 amide bonds. The van der Waals surface area contributed by atoms with Crippen LogP contribution in [-0.4, -0.2) is 31.3 Å². The highest BCUT2D eigenvalue weighted by Gasteiger charge is 2.16. The maximum absolute atomic E-state index is 6.05. The number of nitrogens with one attached hydrogen (secondary N) is 1. The van der Waals surface area contributed by atoms with Crippen molar-refractivity contribution < 1.29 is 4.74 Å². The maximum Gasteiger partial charge on any atom is 0.224 e. The number of hydrogen-bond donors (Lipinski definition) is 1. The summed E-state index contributed by atoms with van der Waals surface area (Å²) in [7, 11) is 0. The van der Waals surface area contributed by atoms with E-state index in [0.29, 0.717) is 11.3 Å². The van der Waals surface area contributed by atoms with Crippen molar-refractivity contribution in [2.24, 2.45) is 0 Å². The summed E-state index contributed by atoms with van der Waals surface area (Å²) in [4.78, 5) is 12.6. The van der Waals surface area contributed by atoms with Crippen LogP contribution in [0.15, 0.2) is 55.1 Å². The minimum Gasteiger partial charge on any atom is -0.357 e. The molecule has 146 valence electrons. The first-order valence-corrected chi connectivity index (χ1v) is 9.94. The molecule has 5 rings (SSSR count). The average molecular weight is 407 g/mol. The second-order valence-corrected chi connectivity index (χ2v) is 7.30. The monoisotopic (exact) mass is 406 g/mol. The lowest BCUT2D eigenvalue weighted by atomic mass is 10.1. The van der Waals surface area contributed by atoms with Gasteiger partial charge >= 0.3 is 0 Å². The number of hydrogen-bond acceptors (Lipinski definition) is 6. The Morgan fingerprint density at radius 3 is 2.76 bits per heavy atom. The van der Waals surface area contributed by atoms with E-state index in [9.17, 15) is 0 Å². The third-order valence-electron chi connectivity index (χ3n) is 5.01. The number of ether oxygens (including phenoxy) is 1. The van der Waals surface area contributed by atoms with E-state index in [4.69, 9.17) is 16.3 Å². The fraction of sp³-hybridized carbons (Fsp3) is 0.238. The molecule has 1 saturated heterocycles. The molecular formula is C21H19ClN6O. The lowest BCUT2D eigenvalue weighted by molar-refractivity contribution is -0.0394. The Kier molecular flexibility index (Phi) is 4.83. The van der Waals surface area contributed by atoms with Gasteiger partial charge in [0.05, 0.1) is 17.9 Å². The number of aromatic nitrogens is 5. The molecule has 1 fully saturated rings. The smallest absolute Gasteiger partial charge is 0.224 e. The van der Waals surface area contributed by atoms with Crippen molar-refractivity contribution in [2.75, 3.05) is 11.9 Å². The van der Waals surface area contributed by atoms with Gasteiger partial charge in [0.1, 0.15) is 12.0 Å². The van der Waals surface area contributed by atoms with Gasteiger partial charge in [0, 0.05) is 35.6 Å². The van der Waals surface area contributed by atoms with Crippen molar-refractivity contribution in [3.8, 4) is 11.1 Å². The van der Waals surface area contributed by atoms with Gasteiger partial charge in [0.25, 0.3) is 0 Å². The van der Waals surface area contributed by atoms with Gasteiger partial charge in [0.2, 0.25) is 5.28 Å². The lowest BCUT2D eigenvalue weighted by Crippen LogP contribution is -2.18. The number of rotatable bonds is 4. The standard InChI is InChI=1S/C21H19ClN6O/c22-21-26-18-12-23-9-8-17(18)20(27-21)25-16-6-4-14(5-7-16)15-11-24-28(13-15)19-3-1-2-10-29-19/h4-9,11-13,19H,1-3,10H2,(H,25,26,27). The summed E-state index contributed by atoms with van der Waals surface area (Å²) in [5, 5.41) is 8.85. The molecule has 0 bridgehead atoms. The van der Waals surface area contributed by atoms with E-state index in [0.717, 1.165) is 41.6 Å². The van der Waals surface area contributed by atoms with E-state index in [2.05, 4.69) is 37.5 Å². The second-order valence-electron chi connectivity index (χ2n) is 6.97. The van der Waals surface area contributed by atoms with E-state index >= 15 is 0 Å². The molecule has 0 aliphatic carbocycles. The molecule has 3 aromatic heterocycles. The highest BCUT2D eigenvalue weighted by atomic mass is 35.5. The summed E-state index contributed by atoms with van der Waals surface area (Å²) < 4.78 is 7.73. The summed E-state index contributed by atoms with van der Waals surface area (Å²) in [5.74, 6) is 0.650. The predicted molar refractivity (Wildman–Crippen MR) is 112 cm³/mol. The lowest BCUT2D eigenvalue weighted by Gasteiger charge is -2.22. The highest BCUT2D eigenvalue weighted by molar-refractivity contribution is 6.28. The summed E-state index contributed by atoms with van der Waals surface area (Å²) in [6.07, 6.45) is 10.7. The summed E-state index contributed by atoms with van der Waals surface area (Å²) in [6, 6.07) is 9.99. The number of nitrogens with zero attached hydrogens (tertiary/aromatic N) is 5. The van der Waals surface area contributed by atoms with Gasteiger partial charge in [-0.1, -0.05) is 12.1 Å². The Bertz CT molecular complexity index is 1140. The topological polar surface area (TPSA) is 77.8 Å². The van der Waals surface area contributed by atoms with Crippen molar-refractivity contribution in [3.05, 3.63) is 60.4 Å². The Labute approximate surface area is 172 Å². The largest absolute Gasteiger partial charge is 0.357 e. The van der Waals surface area contributed by atoms with Crippen molar-refractivity contribution in [3.63, 3.8) is 0 Å². The molecule has 1 unspecified atom stereocenters. The minimum atomic E-state index is 0.0451. The zero-order valence-corrected chi connectivity index (χ0v) is 16.4. The Hall–Kier alpha value is -3.03. The van der Waals surface area contributed by atoms with E-state index in [1.165, 1.54) is 6.42 Å². The number of halogens is 1. The first-order chi connectivity index (χ1) is 14.3. The first kappa shape index (κ1) is 18.0. The van der Waals surface area contributed by atoms with Gasteiger partial charge in [-0.15, -0.1) is 0 Å². The van der Waals surface area contributed by atoms with Crippen LogP contribution in [0, 0.1) is 0 Å². The summed E-state index contributed by atoms with van der Waals surface area (Å²) in [6.45, 7) is 0.804. The molecule has 29 heavy (non-hydrogen) atoms. The summed E-state index contributed by atoms with van der Waals surface area (Å²) in [5.41, 5.74) is 3.76. The molecule has 0 spiro atoms. The second kappa shape index (κ2) is 7.77. The molecule has 0 saturated carbocycles. The van der Waals surface area contributed by atoms with Crippen LogP contribution in [0.3, 0.4) is 0 Å². The van der Waals surface area contributed by atoms with Gasteiger partial charge in [0.15, 0.2) is 0 Å². The van der Waals surface area contributed by atoms with Crippen LogP contribution in [0.1, 0.15) is 25.5 Å². The van der Waals surface area contributed by atoms with Crippen molar-refractivity contribution in [2.45, 2.75) is 25.5 Å². The van der Waals surface area contributed by atoms with E-state index in [-0.39, 0.29) is 11.5 Å². The zero-order valence-electron chi connectivity index (χ0n) is 15.6. The molecule has 8 heteroatoms. The van der Waals surface area contributed by atoms with Crippen LogP contribution < -0.4 is 5.32 Å². The van der Waals surface area contributed by atoms with E-state index < -0.39 is 0 Å². The molecule has 1 aliphatic rings. The van der Waals surface area contributed by atoms with Crippen LogP contribution in [0.2, 0.25) is 5.28 Å². The van der Waals surface area contributed by atoms with Crippen LogP contribution >= 0.6 is 11.6 Å². The van der Waals surface area contributed by atoms with Gasteiger partial charge in [-0.2, -0.15) is 10.1 Å². The fourth-order valence-corrected chi connectivity index (χ4v) is 3.68. The number of benzene rings is 1. The third kappa shape index (κ3) is 3.79. The molecule has 1 N–H and O–H groups in total. The van der Waals surface area contributed by atoms with Crippen LogP contribution in [0.4, 0.5) is 11.5 Å². The number of pyridine rings is 1. The van der Waals surface area contributed by atoms with Crippen molar-refractivity contribution >= 4 is 34.0 Å². The van der Waals surface area contributed by atoms with Crippen molar-refractivity contribution in [1.29, 1.82) is 0 Å². The molecule has 1 atom stereocenters. The van der Waals surface area contributed by atoms with Gasteiger partial charge in [-0.3, -0.25) is 4.98 Å². The molecule has 1 aliphatic heterocycles. The minimum absolute atomic E-state index is 0.0451. The van der Waals surface area contributed by atoms with Crippen LogP contribution in [0.5, 0.6) is 0 Å². The number of anilines is 2. The van der Waals surface area contributed by atoms with Crippen LogP contribution in [-0.2, 0) is 4.74 Å². The Balaban J connectivity index is 1.37. The quantitative estimate of drug-likeness (QED) is 0.481. The Morgan fingerprint density at radius 2 is 1.93 bits per heavy atom. The van der Waals surface area contributed by atoms with Gasteiger partial charge in [-0.25, -0.2) is 9.67 Å². The zero-order chi connectivity index (χ0) is 19.6. The fourth-order valence-electron chi connectivity index (χ4n) is 3.51. The number of fused-ring (bicyclic) bond motifs is 1. The normalized spacial score (nSPS) is 16.8. The Morgan fingerprint density at radius 1 is 1.03 bits per heavy atom. The van der Waals surface area contributed by atoms with Gasteiger partial charge < -0.3 is 10.1 Å². The van der Waals surface area contributed by atoms with E-state index in [1.807, 2.05) is 35.3 Å². The molecule has 1 aromatic carbocycles. The van der Waals surface area contributed by atoms with E-state index in [1.54, 1.807) is 12.4 Å². The first-order valence-electron chi connectivity index (χ1n) is 9.57. The molecule has 7 nitrogen and oxygen atoms in total. The highest BCUT2D eigenvalue weighted by Crippen LogP contribution is 2.28. The molecule has 4 aromatic rings. The molecule has 0 radical (unpaired) electrons. The van der Waals surface area contributed by atoms with Crippen LogP contribution in [0.25, 0.3) is 22.0 Å². The van der Waals surface area contributed by atoms with Gasteiger partial charge in [-0.05, 0) is 54.6 Å². The SMILES string of the molecule is Clc1nc(Nc2ccc(-c3cnn(C4CCCCO4)c3)cc2)c2ccncc2n1. The molecular weight excluding hydrogens is 388 g/mol. The van der Waals surface area contributed by atoms with Crippen molar-refractivity contribution in [1.82, 2.24) is 24.7 Å². The summed E-state index contributed by atoms with van der Waals surface area (Å²) >= 11 is 6.05. The maximum atomic E-state index is 6.05. The predicted octanol–water partition coefficient (Wildman–Crippen LogP) is 4.98. The third-order valence-corrected chi connectivity index (χ3v) is 5.17. The average Bonchev–Trinajstić information content (AvgIpc) is 3.25.